The first-order chi connectivity index (χ1) is 11.5. The molecule has 10 heteroatoms. The van der Waals surface area contributed by atoms with Gasteiger partial charge in [0.1, 0.15) is 5.75 Å². The standard InChI is InChI=1S/C15H17F3N2O5/c1-9(21)20(2)8-13(22)19-12(7-14(23)24)10-3-5-11(6-4-10)25-15(16,17)18/h3-6,12H,7-8H2,1-2H3,(H,19,22)(H,23,24). The molecule has 1 aromatic rings. The number of carboxylic acid groups (broad SMARTS) is 1. The van der Waals surface area contributed by atoms with Crippen LogP contribution < -0.4 is 10.1 Å². The van der Waals surface area contributed by atoms with Crippen molar-refractivity contribution in [1.29, 1.82) is 0 Å². The molecular formula is C15H17F3N2O5. The maximum Gasteiger partial charge on any atom is 0.573 e. The number of benzene rings is 1. The van der Waals surface area contributed by atoms with Gasteiger partial charge >= 0.3 is 12.3 Å². The summed E-state index contributed by atoms with van der Waals surface area (Å²) in [5.74, 6) is -2.62. The third kappa shape index (κ3) is 7.55. The highest BCUT2D eigenvalue weighted by molar-refractivity contribution is 5.84. The van der Waals surface area contributed by atoms with Crippen molar-refractivity contribution in [3.05, 3.63) is 29.8 Å². The lowest BCUT2D eigenvalue weighted by Gasteiger charge is -2.20. The highest BCUT2D eigenvalue weighted by atomic mass is 19.4. The Morgan fingerprint density at radius 1 is 1.24 bits per heavy atom. The average molecular weight is 362 g/mol. The number of aliphatic carboxylic acids is 1. The smallest absolute Gasteiger partial charge is 0.481 e. The van der Waals surface area contributed by atoms with Crippen LogP contribution in [0.5, 0.6) is 5.75 Å². The molecule has 2 amide bonds. The Morgan fingerprint density at radius 3 is 2.24 bits per heavy atom. The normalized spacial score (nSPS) is 12.2. The number of hydrogen-bond donors (Lipinski definition) is 2. The van der Waals surface area contributed by atoms with E-state index < -0.39 is 36.5 Å². The third-order valence-corrected chi connectivity index (χ3v) is 3.15. The number of carbonyl (C=O) groups is 3. The van der Waals surface area contributed by atoms with Gasteiger partial charge in [-0.25, -0.2) is 0 Å². The summed E-state index contributed by atoms with van der Waals surface area (Å²) < 4.78 is 40.2. The molecule has 0 fully saturated rings. The molecule has 0 aromatic heterocycles. The quantitative estimate of drug-likeness (QED) is 0.770. The molecule has 0 saturated heterocycles. The second-order valence-corrected chi connectivity index (χ2v) is 5.21. The van der Waals surface area contributed by atoms with Crippen LogP contribution in [0.15, 0.2) is 24.3 Å². The molecule has 0 radical (unpaired) electrons. The van der Waals surface area contributed by atoms with Gasteiger partial charge in [0.15, 0.2) is 0 Å². The first-order valence-electron chi connectivity index (χ1n) is 7.06. The molecule has 0 aliphatic heterocycles. The zero-order valence-electron chi connectivity index (χ0n) is 13.5. The summed E-state index contributed by atoms with van der Waals surface area (Å²) in [6.07, 6.45) is -5.32. The SMILES string of the molecule is CC(=O)N(C)CC(=O)NC(CC(=O)O)c1ccc(OC(F)(F)F)cc1. The van der Waals surface area contributed by atoms with Gasteiger partial charge in [-0.1, -0.05) is 12.1 Å². The Labute approximate surface area is 141 Å². The highest BCUT2D eigenvalue weighted by Crippen LogP contribution is 2.25. The fraction of sp³-hybridized carbons (Fsp3) is 0.400. The molecule has 0 spiro atoms. The Bertz CT molecular complexity index is 631. The summed E-state index contributed by atoms with van der Waals surface area (Å²) in [5, 5.41) is 11.4. The van der Waals surface area contributed by atoms with Gasteiger partial charge in [-0.05, 0) is 17.7 Å². The molecule has 25 heavy (non-hydrogen) atoms. The molecule has 7 nitrogen and oxygen atoms in total. The van der Waals surface area contributed by atoms with Crippen molar-refractivity contribution in [2.45, 2.75) is 25.7 Å². The summed E-state index contributed by atoms with van der Waals surface area (Å²) in [5.41, 5.74) is 0.288. The fourth-order valence-corrected chi connectivity index (χ4v) is 1.90. The number of hydrogen-bond acceptors (Lipinski definition) is 4. The van der Waals surface area contributed by atoms with E-state index in [0.717, 1.165) is 17.0 Å². The monoisotopic (exact) mass is 362 g/mol. The van der Waals surface area contributed by atoms with Gasteiger partial charge in [0.05, 0.1) is 19.0 Å². The van der Waals surface area contributed by atoms with Crippen LogP contribution in [-0.2, 0) is 14.4 Å². The molecule has 1 aromatic carbocycles. The van der Waals surface area contributed by atoms with Gasteiger partial charge in [-0.3, -0.25) is 14.4 Å². The van der Waals surface area contributed by atoms with Crippen molar-refractivity contribution >= 4 is 17.8 Å². The van der Waals surface area contributed by atoms with E-state index in [1.165, 1.54) is 26.1 Å². The van der Waals surface area contributed by atoms with Crippen LogP contribution in [0.1, 0.15) is 24.9 Å². The summed E-state index contributed by atoms with van der Waals surface area (Å²) in [7, 11) is 1.40. The Kier molecular flexibility index (Phi) is 6.77. The summed E-state index contributed by atoms with van der Waals surface area (Å²) in [6, 6.07) is 3.52. The van der Waals surface area contributed by atoms with E-state index >= 15 is 0 Å². The number of carboxylic acids is 1. The molecule has 138 valence electrons. The molecule has 1 unspecified atom stereocenters. The minimum absolute atomic E-state index is 0.277. The van der Waals surface area contributed by atoms with Crippen LogP contribution in [0.25, 0.3) is 0 Å². The van der Waals surface area contributed by atoms with Crippen LogP contribution in [0.4, 0.5) is 13.2 Å². The maximum absolute atomic E-state index is 12.1. The molecule has 0 bridgehead atoms. The number of amides is 2. The van der Waals surface area contributed by atoms with Gasteiger partial charge < -0.3 is 20.1 Å². The number of ether oxygens (including phenoxy) is 1. The van der Waals surface area contributed by atoms with E-state index in [1.807, 2.05) is 0 Å². The number of nitrogens with one attached hydrogen (secondary N) is 1. The second-order valence-electron chi connectivity index (χ2n) is 5.21. The van der Waals surface area contributed by atoms with Crippen LogP contribution >= 0.6 is 0 Å². The topological polar surface area (TPSA) is 95.9 Å². The van der Waals surface area contributed by atoms with E-state index in [-0.39, 0.29) is 18.0 Å². The molecule has 0 aliphatic carbocycles. The van der Waals surface area contributed by atoms with Gasteiger partial charge in [0.25, 0.3) is 0 Å². The number of likely N-dealkylation sites (N-methyl/N-ethyl adjacent to an activating group) is 1. The molecule has 2 N–H and O–H groups in total. The van der Waals surface area contributed by atoms with Crippen molar-refractivity contribution in [3.8, 4) is 5.75 Å². The van der Waals surface area contributed by atoms with E-state index in [2.05, 4.69) is 10.1 Å². The van der Waals surface area contributed by atoms with Gasteiger partial charge in [-0.2, -0.15) is 0 Å². The number of rotatable bonds is 7. The first-order valence-corrected chi connectivity index (χ1v) is 7.06. The largest absolute Gasteiger partial charge is 0.573 e. The number of halogens is 3. The minimum Gasteiger partial charge on any atom is -0.481 e. The lowest BCUT2D eigenvalue weighted by atomic mass is 10.0. The minimum atomic E-state index is -4.84. The van der Waals surface area contributed by atoms with Crippen LogP contribution in [0, 0.1) is 0 Å². The number of alkyl halides is 3. The Balaban J connectivity index is 2.86. The fourth-order valence-electron chi connectivity index (χ4n) is 1.90. The van der Waals surface area contributed by atoms with Gasteiger partial charge in [0, 0.05) is 14.0 Å². The van der Waals surface area contributed by atoms with Crippen molar-refractivity contribution < 1.29 is 37.4 Å². The third-order valence-electron chi connectivity index (χ3n) is 3.15. The zero-order valence-corrected chi connectivity index (χ0v) is 13.5. The summed E-state index contributed by atoms with van der Waals surface area (Å²) in [6.45, 7) is 0.988. The van der Waals surface area contributed by atoms with Crippen molar-refractivity contribution in [3.63, 3.8) is 0 Å². The van der Waals surface area contributed by atoms with Crippen molar-refractivity contribution in [1.82, 2.24) is 10.2 Å². The Hall–Kier alpha value is -2.78. The molecule has 0 aliphatic rings. The second kappa shape index (κ2) is 8.36. The number of carbonyl (C=O) groups excluding carboxylic acids is 2. The van der Waals surface area contributed by atoms with Crippen molar-refractivity contribution in [2.75, 3.05) is 13.6 Å². The van der Waals surface area contributed by atoms with Gasteiger partial charge in [-0.15, -0.1) is 13.2 Å². The highest BCUT2D eigenvalue weighted by Gasteiger charge is 2.31. The number of nitrogens with zero attached hydrogens (tertiary/aromatic N) is 1. The molecule has 1 atom stereocenters. The van der Waals surface area contributed by atoms with Crippen LogP contribution in [0.3, 0.4) is 0 Å². The van der Waals surface area contributed by atoms with Crippen LogP contribution in [-0.4, -0.2) is 47.7 Å². The van der Waals surface area contributed by atoms with Crippen LogP contribution in [0.2, 0.25) is 0 Å². The lowest BCUT2D eigenvalue weighted by Crippen LogP contribution is -2.39. The van der Waals surface area contributed by atoms with E-state index in [4.69, 9.17) is 5.11 Å². The predicted octanol–water partition coefficient (Wildman–Crippen LogP) is 1.70. The lowest BCUT2D eigenvalue weighted by molar-refractivity contribution is -0.274. The molecular weight excluding hydrogens is 345 g/mol. The molecule has 1 rings (SSSR count). The zero-order chi connectivity index (χ0) is 19.2. The summed E-state index contributed by atoms with van der Waals surface area (Å²) in [4.78, 5) is 35.1. The molecule has 0 saturated carbocycles. The van der Waals surface area contributed by atoms with E-state index in [1.54, 1.807) is 0 Å². The van der Waals surface area contributed by atoms with E-state index in [0.29, 0.717) is 0 Å². The summed E-state index contributed by atoms with van der Waals surface area (Å²) >= 11 is 0. The van der Waals surface area contributed by atoms with Gasteiger partial charge in [0.2, 0.25) is 11.8 Å². The average Bonchev–Trinajstić information content (AvgIpc) is 2.44. The van der Waals surface area contributed by atoms with Crippen molar-refractivity contribution in [2.24, 2.45) is 0 Å². The van der Waals surface area contributed by atoms with E-state index in [9.17, 15) is 27.6 Å². The molecule has 0 heterocycles. The predicted molar refractivity (Wildman–Crippen MR) is 79.6 cm³/mol. The Morgan fingerprint density at radius 2 is 1.80 bits per heavy atom. The maximum atomic E-state index is 12.1. The first kappa shape index (κ1) is 20.3.